The molecule has 1 aromatic rings. The summed E-state index contributed by atoms with van der Waals surface area (Å²) in [6.45, 7) is -2.42. The molecular formula is C10H12ClN2O6P. The van der Waals surface area contributed by atoms with Gasteiger partial charge in [-0.05, 0) is 19.1 Å². The van der Waals surface area contributed by atoms with Gasteiger partial charge in [0.1, 0.15) is 11.8 Å². The quantitative estimate of drug-likeness (QED) is 0.371. The maximum Gasteiger partial charge on any atom is 0.409 e. The summed E-state index contributed by atoms with van der Waals surface area (Å²) in [7, 11) is 1.18. The van der Waals surface area contributed by atoms with Crippen molar-refractivity contribution in [3.8, 4) is 5.75 Å². The third-order valence-electron chi connectivity index (χ3n) is 2.17. The molecule has 0 fully saturated rings. The first-order chi connectivity index (χ1) is 9.25. The number of rotatable bonds is 6. The molecular weight excluding hydrogens is 311 g/mol. The summed E-state index contributed by atoms with van der Waals surface area (Å²) < 4.78 is 21.3. The molecule has 0 saturated heterocycles. The van der Waals surface area contributed by atoms with Crippen LogP contribution in [0.5, 0.6) is 5.75 Å². The number of carbonyl (C=O) groups excluding carboxylic acids is 1. The molecule has 1 unspecified atom stereocenters. The first kappa shape index (κ1) is 16.4. The van der Waals surface area contributed by atoms with Crippen LogP contribution >= 0.6 is 18.1 Å². The Labute approximate surface area is 119 Å². The van der Waals surface area contributed by atoms with Crippen molar-refractivity contribution in [3.05, 3.63) is 34.4 Å². The van der Waals surface area contributed by atoms with E-state index in [0.29, 0.717) is 0 Å². The molecule has 20 heavy (non-hydrogen) atoms. The summed E-state index contributed by atoms with van der Waals surface area (Å²) in [5.41, 5.74) is -0.141. The zero-order valence-corrected chi connectivity index (χ0v) is 12.3. The van der Waals surface area contributed by atoms with E-state index in [-0.39, 0.29) is 11.4 Å². The summed E-state index contributed by atoms with van der Waals surface area (Å²) in [5.74, 6) is -0.586. The van der Waals surface area contributed by atoms with Gasteiger partial charge in [-0.1, -0.05) is 0 Å². The molecule has 1 N–H and O–H groups in total. The molecule has 0 aliphatic heterocycles. The maximum absolute atomic E-state index is 11.9. The van der Waals surface area contributed by atoms with Gasteiger partial charge in [0.05, 0.1) is 12.0 Å². The molecule has 0 bridgehead atoms. The van der Waals surface area contributed by atoms with E-state index in [1.54, 1.807) is 0 Å². The van der Waals surface area contributed by atoms with Crippen molar-refractivity contribution in [3.63, 3.8) is 0 Å². The van der Waals surface area contributed by atoms with Crippen molar-refractivity contribution in [2.24, 2.45) is 0 Å². The Balaban J connectivity index is 2.73. The molecule has 0 spiro atoms. The second kappa shape index (κ2) is 6.69. The van der Waals surface area contributed by atoms with Crippen molar-refractivity contribution < 1.29 is 23.5 Å². The van der Waals surface area contributed by atoms with Gasteiger partial charge in [-0.15, -0.1) is 0 Å². The second-order valence-electron chi connectivity index (χ2n) is 3.70. The molecule has 0 amide bonds. The number of carbonyl (C=O) groups is 1. The number of benzene rings is 1. The normalized spacial score (nSPS) is 14.9. The lowest BCUT2D eigenvalue weighted by Gasteiger charge is -2.17. The standard InChI is InChI=1S/C10H12ClN2O6P/c1-7(10(14)18-2)12-20(11,17)19-9-5-3-8(4-6-9)13(15)16/h3-7H,1-2H3,(H,12,17)/t7-,20?/m0/s1. The van der Waals surface area contributed by atoms with Crippen LogP contribution in [0.1, 0.15) is 6.92 Å². The van der Waals surface area contributed by atoms with Gasteiger partial charge in [-0.2, -0.15) is 0 Å². The van der Waals surface area contributed by atoms with E-state index >= 15 is 0 Å². The van der Waals surface area contributed by atoms with Gasteiger partial charge in [-0.3, -0.25) is 14.9 Å². The van der Waals surface area contributed by atoms with Crippen LogP contribution in [-0.4, -0.2) is 24.0 Å². The minimum absolute atomic E-state index is 0.0681. The molecule has 0 aromatic heterocycles. The smallest absolute Gasteiger partial charge is 0.409 e. The number of halogens is 1. The summed E-state index contributed by atoms with van der Waals surface area (Å²) in [6.07, 6.45) is 0. The highest BCUT2D eigenvalue weighted by atomic mass is 35.7. The lowest BCUT2D eigenvalue weighted by molar-refractivity contribution is -0.384. The second-order valence-corrected chi connectivity index (χ2v) is 6.43. The van der Waals surface area contributed by atoms with Crippen LogP contribution < -0.4 is 9.61 Å². The maximum atomic E-state index is 11.9. The fourth-order valence-corrected chi connectivity index (χ4v) is 2.94. The number of methoxy groups -OCH3 is 1. The largest absolute Gasteiger partial charge is 0.468 e. The van der Waals surface area contributed by atoms with Crippen molar-refractivity contribution in [2.75, 3.05) is 7.11 Å². The molecule has 0 heterocycles. The molecule has 0 aliphatic rings. The fraction of sp³-hybridized carbons (Fsp3) is 0.300. The SMILES string of the molecule is COC(=O)[C@H](C)NP(=O)(Cl)Oc1ccc([N+](=O)[O-])cc1. The third kappa shape index (κ3) is 4.80. The van der Waals surface area contributed by atoms with E-state index in [0.717, 1.165) is 0 Å². The van der Waals surface area contributed by atoms with E-state index in [1.165, 1.54) is 38.3 Å². The average molecular weight is 323 g/mol. The van der Waals surface area contributed by atoms with Crippen molar-refractivity contribution in [1.82, 2.24) is 5.09 Å². The van der Waals surface area contributed by atoms with Crippen LogP contribution in [0.25, 0.3) is 0 Å². The van der Waals surface area contributed by atoms with E-state index in [1.807, 2.05) is 0 Å². The number of esters is 1. The summed E-state index contributed by atoms with van der Waals surface area (Å²) >= 11 is 5.65. The predicted molar refractivity (Wildman–Crippen MR) is 71.8 cm³/mol. The van der Waals surface area contributed by atoms with Gasteiger partial charge in [0.15, 0.2) is 0 Å². The van der Waals surface area contributed by atoms with Crippen LogP contribution in [0.2, 0.25) is 0 Å². The highest BCUT2D eigenvalue weighted by molar-refractivity contribution is 7.84. The molecule has 110 valence electrons. The number of nitro benzene ring substituents is 1. The van der Waals surface area contributed by atoms with Crippen LogP contribution in [0, 0.1) is 10.1 Å². The number of nitrogens with zero attached hydrogens (tertiary/aromatic N) is 1. The molecule has 8 nitrogen and oxygen atoms in total. The minimum atomic E-state index is -3.82. The highest BCUT2D eigenvalue weighted by Crippen LogP contribution is 2.48. The molecule has 0 saturated carbocycles. The van der Waals surface area contributed by atoms with Crippen LogP contribution in [0.4, 0.5) is 5.69 Å². The van der Waals surface area contributed by atoms with Gasteiger partial charge < -0.3 is 9.26 Å². The van der Waals surface area contributed by atoms with Crippen LogP contribution in [0.15, 0.2) is 24.3 Å². The van der Waals surface area contributed by atoms with E-state index in [2.05, 4.69) is 9.82 Å². The molecule has 10 heteroatoms. The lowest BCUT2D eigenvalue weighted by atomic mass is 10.3. The first-order valence-corrected chi connectivity index (χ1v) is 7.87. The highest BCUT2D eigenvalue weighted by Gasteiger charge is 2.27. The van der Waals surface area contributed by atoms with Crippen molar-refractivity contribution in [1.29, 1.82) is 0 Å². The Kier molecular flexibility index (Phi) is 5.50. The zero-order valence-electron chi connectivity index (χ0n) is 10.6. The van der Waals surface area contributed by atoms with Gasteiger partial charge >= 0.3 is 12.8 Å². The van der Waals surface area contributed by atoms with Crippen LogP contribution in [-0.2, 0) is 14.1 Å². The van der Waals surface area contributed by atoms with Gasteiger partial charge in [0.2, 0.25) is 0 Å². The third-order valence-corrected chi connectivity index (χ3v) is 3.81. The van der Waals surface area contributed by atoms with Gasteiger partial charge in [0, 0.05) is 23.4 Å². The van der Waals surface area contributed by atoms with E-state index < -0.39 is 23.8 Å². The Hall–Kier alpha value is -1.63. The molecule has 0 aliphatic carbocycles. The Morgan fingerprint density at radius 3 is 2.45 bits per heavy atom. The van der Waals surface area contributed by atoms with Crippen molar-refractivity contribution in [2.45, 2.75) is 13.0 Å². The topological polar surface area (TPSA) is 108 Å². The number of nitrogens with one attached hydrogen (secondary N) is 1. The number of non-ortho nitro benzene ring substituents is 1. The number of hydrogen-bond acceptors (Lipinski definition) is 6. The number of ether oxygens (including phenoxy) is 1. The van der Waals surface area contributed by atoms with E-state index in [9.17, 15) is 19.5 Å². The monoisotopic (exact) mass is 322 g/mol. The van der Waals surface area contributed by atoms with Crippen molar-refractivity contribution >= 4 is 29.8 Å². The Bertz CT molecular complexity index is 549. The van der Waals surface area contributed by atoms with E-state index in [4.69, 9.17) is 15.8 Å². The molecule has 1 rings (SSSR count). The summed E-state index contributed by atoms with van der Waals surface area (Å²) in [6, 6.07) is 3.92. The van der Waals surface area contributed by atoms with Gasteiger partial charge in [-0.25, -0.2) is 9.65 Å². The zero-order chi connectivity index (χ0) is 15.3. The first-order valence-electron chi connectivity index (χ1n) is 5.34. The predicted octanol–water partition coefficient (Wildman–Crippen LogP) is 2.47. The lowest BCUT2D eigenvalue weighted by Crippen LogP contribution is -2.32. The summed E-state index contributed by atoms with van der Waals surface area (Å²) in [4.78, 5) is 21.1. The van der Waals surface area contributed by atoms with Crippen LogP contribution in [0.3, 0.4) is 0 Å². The Morgan fingerprint density at radius 1 is 1.45 bits per heavy atom. The summed E-state index contributed by atoms with van der Waals surface area (Å²) in [5, 5.41) is 12.8. The van der Waals surface area contributed by atoms with Gasteiger partial charge in [0.25, 0.3) is 5.69 Å². The molecule has 0 radical (unpaired) electrons. The fourth-order valence-electron chi connectivity index (χ4n) is 1.25. The molecule has 2 atom stereocenters. The minimum Gasteiger partial charge on any atom is -0.468 e. The molecule has 1 aromatic carbocycles. The Morgan fingerprint density at radius 2 is 2.00 bits per heavy atom. The average Bonchev–Trinajstić information content (AvgIpc) is 2.37. The number of hydrogen-bond donors (Lipinski definition) is 1. The number of nitro groups is 1.